The summed E-state index contributed by atoms with van der Waals surface area (Å²) in [4.78, 5) is 59.3. The van der Waals surface area contributed by atoms with Gasteiger partial charge in [0, 0.05) is 16.5 Å². The Bertz CT molecular complexity index is 2000. The fourth-order valence-electron chi connectivity index (χ4n) is 8.66. The van der Waals surface area contributed by atoms with Gasteiger partial charge in [-0.3, -0.25) is 24.1 Å². The Hall–Kier alpha value is -4.85. The van der Waals surface area contributed by atoms with E-state index in [4.69, 9.17) is 16.0 Å². The van der Waals surface area contributed by atoms with E-state index < -0.39 is 35.0 Å². The number of aliphatic hydroxyl groups is 1. The number of halogens is 1. The van der Waals surface area contributed by atoms with Gasteiger partial charge in [-0.1, -0.05) is 83.9 Å². The Morgan fingerprint density at radius 2 is 1.53 bits per heavy atom. The molecule has 4 aliphatic rings. The van der Waals surface area contributed by atoms with Crippen LogP contribution in [0.1, 0.15) is 41.4 Å². The second-order valence-electron chi connectivity index (χ2n) is 12.7. The van der Waals surface area contributed by atoms with Crippen molar-refractivity contribution in [3.05, 3.63) is 142 Å². The van der Waals surface area contributed by atoms with E-state index in [1.54, 1.807) is 36.4 Å². The van der Waals surface area contributed by atoms with E-state index in [0.29, 0.717) is 45.4 Å². The van der Waals surface area contributed by atoms with Crippen molar-refractivity contribution >= 4 is 46.2 Å². The molecule has 1 saturated carbocycles. The average Bonchev–Trinajstić information content (AvgIpc) is 3.68. The van der Waals surface area contributed by atoms with Crippen molar-refractivity contribution in [2.45, 2.75) is 30.8 Å². The maximum Gasteiger partial charge on any atom is 0.238 e. The first-order valence-electron chi connectivity index (χ1n) is 15.8. The van der Waals surface area contributed by atoms with Gasteiger partial charge in [-0.2, -0.15) is 0 Å². The molecule has 8 rings (SSSR count). The number of aliphatic hydroxyl groups excluding tert-OH is 1. The molecule has 7 nitrogen and oxygen atoms in total. The van der Waals surface area contributed by atoms with E-state index in [0.717, 1.165) is 5.57 Å². The lowest BCUT2D eigenvalue weighted by Crippen LogP contribution is -2.58. The highest BCUT2D eigenvalue weighted by Crippen LogP contribution is 2.63. The van der Waals surface area contributed by atoms with Gasteiger partial charge in [0.25, 0.3) is 0 Å². The van der Waals surface area contributed by atoms with Crippen LogP contribution in [-0.2, 0) is 31.2 Å². The molecule has 1 N–H and O–H groups in total. The summed E-state index contributed by atoms with van der Waals surface area (Å²) < 4.78 is 6.22. The number of rotatable bonds is 5. The number of anilines is 1. The number of furan rings is 1. The third kappa shape index (κ3) is 4.30. The molecule has 0 radical (unpaired) electrons. The van der Waals surface area contributed by atoms with Gasteiger partial charge in [-0.05, 0) is 72.4 Å². The Morgan fingerprint density at radius 1 is 0.830 bits per heavy atom. The normalized spacial score (nSPS) is 28.4. The zero-order valence-corrected chi connectivity index (χ0v) is 26.0. The second kappa shape index (κ2) is 11.1. The first-order chi connectivity index (χ1) is 22.8. The van der Waals surface area contributed by atoms with Gasteiger partial charge in [0.15, 0.2) is 11.6 Å². The van der Waals surface area contributed by atoms with Crippen molar-refractivity contribution in [2.75, 3.05) is 4.90 Å². The van der Waals surface area contributed by atoms with Gasteiger partial charge in [0.05, 0.1) is 28.9 Å². The molecular formula is C39H30ClNO6. The Balaban J connectivity index is 1.34. The number of Topliss-reactive ketones (excluding diaryl/α,β-unsaturated/α-hetero) is 1. The monoisotopic (exact) mass is 643 g/mol. The van der Waals surface area contributed by atoms with E-state index in [2.05, 4.69) is 0 Å². The number of nitrogens with zero attached hydrogens (tertiary/aromatic N) is 1. The van der Waals surface area contributed by atoms with Crippen molar-refractivity contribution in [3.8, 4) is 0 Å². The van der Waals surface area contributed by atoms with Crippen LogP contribution in [0.25, 0.3) is 5.57 Å². The number of carbonyl (C=O) groups is 4. The van der Waals surface area contributed by atoms with Crippen molar-refractivity contribution < 1.29 is 28.7 Å². The van der Waals surface area contributed by atoms with E-state index in [1.807, 2.05) is 66.7 Å². The molecule has 2 heterocycles. The molecule has 0 spiro atoms. The molecule has 6 unspecified atom stereocenters. The molecule has 6 atom stereocenters. The fraction of sp³-hybridized carbons (Fsp3) is 0.231. The van der Waals surface area contributed by atoms with Crippen molar-refractivity contribution in [2.24, 2.45) is 23.7 Å². The number of ketones is 2. The van der Waals surface area contributed by atoms with Crippen molar-refractivity contribution in [1.29, 1.82) is 0 Å². The summed E-state index contributed by atoms with van der Waals surface area (Å²) in [6, 6.07) is 28.5. The minimum Gasteiger partial charge on any atom is -0.463 e. The molecule has 2 fully saturated rings. The second-order valence-corrected chi connectivity index (χ2v) is 13.2. The molecule has 1 saturated heterocycles. The zero-order valence-electron chi connectivity index (χ0n) is 25.2. The standard InChI is InChI=1S/C39H30ClNO6/c40-24-11-13-25(14-12-24)41-37(45)28-17-16-27-30(34(28)38(41)46)19-31-36(44)29(22-7-3-1-4-8-22)20-33(43)39(31,23-9-5-2-6-10-23)35(27)32-18-15-26(21-42)47-32/h1-16,18,20,28,30-31,34-35,42H,17,19,21H2. The number of fused-ring (bicyclic) bond motifs is 4. The summed E-state index contributed by atoms with van der Waals surface area (Å²) in [6.45, 7) is -0.338. The summed E-state index contributed by atoms with van der Waals surface area (Å²) >= 11 is 6.12. The van der Waals surface area contributed by atoms with E-state index in [-0.39, 0.29) is 36.4 Å². The molecule has 0 bridgehead atoms. The minimum absolute atomic E-state index is 0.189. The van der Waals surface area contributed by atoms with Crippen LogP contribution in [0.2, 0.25) is 5.02 Å². The molecule has 8 heteroatoms. The summed E-state index contributed by atoms with van der Waals surface area (Å²) in [6.07, 6.45) is 3.97. The van der Waals surface area contributed by atoms with Crippen LogP contribution >= 0.6 is 11.6 Å². The van der Waals surface area contributed by atoms with Gasteiger partial charge < -0.3 is 9.52 Å². The van der Waals surface area contributed by atoms with Gasteiger partial charge >= 0.3 is 0 Å². The van der Waals surface area contributed by atoms with Crippen LogP contribution in [0.5, 0.6) is 0 Å². The smallest absolute Gasteiger partial charge is 0.238 e. The number of carbonyl (C=O) groups excluding carboxylic acids is 4. The largest absolute Gasteiger partial charge is 0.463 e. The Morgan fingerprint density at radius 3 is 2.21 bits per heavy atom. The SMILES string of the molecule is O=C1C(c2ccccc2)=CC(=O)C2(c3ccccc3)C1CC1C(=CCC3C(=O)N(c4ccc(Cl)cc4)C(=O)C31)C2c1ccc(CO)o1. The molecular weight excluding hydrogens is 614 g/mol. The highest BCUT2D eigenvalue weighted by Gasteiger charge is 2.66. The molecule has 3 aromatic carbocycles. The predicted molar refractivity (Wildman–Crippen MR) is 175 cm³/mol. The van der Waals surface area contributed by atoms with Crippen LogP contribution in [0, 0.1) is 23.7 Å². The minimum atomic E-state index is -1.38. The molecule has 2 amide bonds. The van der Waals surface area contributed by atoms with Crippen molar-refractivity contribution in [3.63, 3.8) is 0 Å². The van der Waals surface area contributed by atoms with Crippen LogP contribution in [0.15, 0.2) is 119 Å². The number of imide groups is 1. The molecule has 1 aromatic heterocycles. The summed E-state index contributed by atoms with van der Waals surface area (Å²) in [5.41, 5.74) is 1.53. The average molecular weight is 644 g/mol. The highest BCUT2D eigenvalue weighted by atomic mass is 35.5. The van der Waals surface area contributed by atoms with Gasteiger partial charge in [0.1, 0.15) is 18.1 Å². The van der Waals surface area contributed by atoms with E-state index in [1.165, 1.54) is 11.0 Å². The van der Waals surface area contributed by atoms with Crippen molar-refractivity contribution in [1.82, 2.24) is 0 Å². The summed E-state index contributed by atoms with van der Waals surface area (Å²) in [5.74, 6) is -3.74. The number of allylic oxidation sites excluding steroid dienone is 4. The maximum atomic E-state index is 14.9. The lowest BCUT2D eigenvalue weighted by atomic mass is 9.45. The molecule has 4 aromatic rings. The topological polar surface area (TPSA) is 105 Å². The number of amides is 2. The van der Waals surface area contributed by atoms with E-state index in [9.17, 15) is 24.3 Å². The number of benzene rings is 3. The van der Waals surface area contributed by atoms with Crippen LogP contribution in [0.4, 0.5) is 5.69 Å². The van der Waals surface area contributed by atoms with Crippen LogP contribution in [0.3, 0.4) is 0 Å². The van der Waals surface area contributed by atoms with E-state index >= 15 is 0 Å². The van der Waals surface area contributed by atoms with Gasteiger partial charge in [-0.25, -0.2) is 0 Å². The van der Waals surface area contributed by atoms with Crippen LogP contribution in [-0.4, -0.2) is 28.5 Å². The van der Waals surface area contributed by atoms with Gasteiger partial charge in [-0.15, -0.1) is 0 Å². The first-order valence-corrected chi connectivity index (χ1v) is 16.2. The van der Waals surface area contributed by atoms with Crippen LogP contribution < -0.4 is 4.90 Å². The first kappa shape index (κ1) is 29.5. The number of hydrogen-bond acceptors (Lipinski definition) is 6. The highest BCUT2D eigenvalue weighted by molar-refractivity contribution is 6.32. The third-order valence-corrected chi connectivity index (χ3v) is 10.8. The fourth-order valence-corrected chi connectivity index (χ4v) is 8.79. The lowest BCUT2D eigenvalue weighted by molar-refractivity contribution is -0.135. The predicted octanol–water partition coefficient (Wildman–Crippen LogP) is 6.45. The number of hydrogen-bond donors (Lipinski definition) is 1. The van der Waals surface area contributed by atoms with Gasteiger partial charge in [0.2, 0.25) is 11.8 Å². The summed E-state index contributed by atoms with van der Waals surface area (Å²) in [5, 5.41) is 10.4. The Labute approximate surface area is 276 Å². The zero-order chi connectivity index (χ0) is 32.4. The third-order valence-electron chi connectivity index (χ3n) is 10.6. The quantitative estimate of drug-likeness (QED) is 0.198. The Kier molecular flexibility index (Phi) is 7.01. The molecule has 1 aliphatic heterocycles. The molecule has 234 valence electrons. The maximum absolute atomic E-state index is 14.9. The molecule has 3 aliphatic carbocycles. The molecule has 47 heavy (non-hydrogen) atoms. The lowest BCUT2D eigenvalue weighted by Gasteiger charge is -2.54. The summed E-state index contributed by atoms with van der Waals surface area (Å²) in [7, 11) is 0.